The Morgan fingerprint density at radius 3 is 2.23 bits per heavy atom. The van der Waals surface area contributed by atoms with Crippen LogP contribution in [0.15, 0.2) is 60.8 Å². The number of hydrogen-bond donors (Lipinski definition) is 1. The molecule has 0 bridgehead atoms. The monoisotopic (exact) mass is 752 g/mol. The molecule has 1 heterocycles. The maximum atomic E-state index is 15.9. The molecule has 1 aromatic heterocycles. The number of aryl methyl sites for hydroxylation is 2. The Kier molecular flexibility index (Phi) is 13.4. The van der Waals surface area contributed by atoms with Crippen molar-refractivity contribution in [1.82, 2.24) is 9.55 Å². The first-order valence-corrected chi connectivity index (χ1v) is 18.6. The van der Waals surface area contributed by atoms with Crippen molar-refractivity contribution in [1.29, 1.82) is 0 Å². The summed E-state index contributed by atoms with van der Waals surface area (Å²) in [6.07, 6.45) is 4.78. The molecule has 3 atom stereocenters. The first kappa shape index (κ1) is 41.0. The molecule has 0 aliphatic rings. The number of carboxylic acid groups (broad SMARTS) is 1. The number of carbonyl (C=O) groups is 2. The van der Waals surface area contributed by atoms with E-state index in [0.29, 0.717) is 29.2 Å². The van der Waals surface area contributed by atoms with Crippen molar-refractivity contribution in [3.63, 3.8) is 0 Å². The summed E-state index contributed by atoms with van der Waals surface area (Å²) >= 11 is 13.1. The zero-order valence-corrected chi connectivity index (χ0v) is 33.4. The van der Waals surface area contributed by atoms with Crippen molar-refractivity contribution < 1.29 is 28.3 Å². The lowest BCUT2D eigenvalue weighted by Gasteiger charge is -2.28. The molecule has 1 N–H and O–H groups in total. The van der Waals surface area contributed by atoms with Crippen LogP contribution in [-0.4, -0.2) is 65.7 Å². The zero-order valence-electron chi connectivity index (χ0n) is 31.9. The van der Waals surface area contributed by atoms with Crippen molar-refractivity contribution in [2.45, 2.75) is 72.1 Å². The summed E-state index contributed by atoms with van der Waals surface area (Å²) in [5.41, 5.74) is 3.89. The highest BCUT2D eigenvalue weighted by Gasteiger charge is 2.34. The number of rotatable bonds is 17. The summed E-state index contributed by atoms with van der Waals surface area (Å²) in [4.78, 5) is 30.6. The molecule has 0 amide bonds. The summed E-state index contributed by atoms with van der Waals surface area (Å²) < 4.78 is 24.3. The molecular formula is C42H53Cl2FN3O4+. The predicted octanol–water partition coefficient (Wildman–Crippen LogP) is 9.78. The van der Waals surface area contributed by atoms with Gasteiger partial charge in [0.15, 0.2) is 5.78 Å². The highest BCUT2D eigenvalue weighted by Crippen LogP contribution is 2.38. The van der Waals surface area contributed by atoms with Crippen LogP contribution in [0.4, 0.5) is 4.39 Å². The van der Waals surface area contributed by atoms with Crippen LogP contribution >= 0.6 is 23.2 Å². The van der Waals surface area contributed by atoms with E-state index in [2.05, 4.69) is 39.6 Å². The van der Waals surface area contributed by atoms with E-state index in [1.807, 2.05) is 55.6 Å². The van der Waals surface area contributed by atoms with Crippen LogP contribution in [0.5, 0.6) is 5.75 Å². The number of imidazole rings is 1. The minimum Gasteiger partial charge on any atom is -0.495 e. The minimum atomic E-state index is -0.945. The highest BCUT2D eigenvalue weighted by atomic mass is 35.5. The van der Waals surface area contributed by atoms with E-state index in [1.165, 1.54) is 12.1 Å². The number of carboxylic acids is 1. The fourth-order valence-corrected chi connectivity index (χ4v) is 7.44. The van der Waals surface area contributed by atoms with Gasteiger partial charge in [0.25, 0.3) is 0 Å². The van der Waals surface area contributed by atoms with E-state index in [0.717, 1.165) is 52.2 Å². The molecule has 52 heavy (non-hydrogen) atoms. The number of ether oxygens (including phenoxy) is 1. The van der Waals surface area contributed by atoms with Gasteiger partial charge >= 0.3 is 5.97 Å². The molecule has 0 fully saturated rings. The Morgan fingerprint density at radius 2 is 1.63 bits per heavy atom. The van der Waals surface area contributed by atoms with Crippen LogP contribution in [0.1, 0.15) is 85.5 Å². The van der Waals surface area contributed by atoms with Gasteiger partial charge in [-0.2, -0.15) is 0 Å². The van der Waals surface area contributed by atoms with Crippen molar-refractivity contribution in [3.05, 3.63) is 110 Å². The van der Waals surface area contributed by atoms with E-state index in [9.17, 15) is 14.7 Å². The number of Topliss-reactive ketones (excluding diaryl/α,β-unsaturated/α-hetero) is 1. The van der Waals surface area contributed by atoms with Gasteiger partial charge in [0.05, 0.1) is 51.4 Å². The van der Waals surface area contributed by atoms with Crippen LogP contribution in [-0.2, 0) is 23.1 Å². The van der Waals surface area contributed by atoms with Crippen LogP contribution < -0.4 is 4.74 Å². The number of aromatic nitrogens is 2. The SMILES string of the molecule is COc1cc(C(C)(C)c2cnc(CCc3c(F)cc(C(=O)C(C)C(CCCC[N+](C)(C)C)C(C)C(=O)O)cc3Cl)n2-c2ccc(C)cc2)ccc1Cl. The third-order valence-corrected chi connectivity index (χ3v) is 11.0. The number of aliphatic carboxylic acids is 1. The predicted molar refractivity (Wildman–Crippen MR) is 208 cm³/mol. The second-order valence-corrected chi connectivity index (χ2v) is 16.4. The molecule has 3 aromatic carbocycles. The van der Waals surface area contributed by atoms with Gasteiger partial charge in [0, 0.05) is 45.8 Å². The molecule has 10 heteroatoms. The molecule has 4 aromatic rings. The van der Waals surface area contributed by atoms with E-state index in [4.69, 9.17) is 32.9 Å². The molecular weight excluding hydrogens is 700 g/mol. The van der Waals surface area contributed by atoms with Crippen LogP contribution in [0.25, 0.3) is 5.69 Å². The van der Waals surface area contributed by atoms with Crippen molar-refractivity contribution in [2.24, 2.45) is 17.8 Å². The number of quaternary nitrogens is 1. The van der Waals surface area contributed by atoms with Gasteiger partial charge in [0.2, 0.25) is 0 Å². The second-order valence-electron chi connectivity index (χ2n) is 15.6. The Bertz CT molecular complexity index is 1860. The molecule has 280 valence electrons. The van der Waals surface area contributed by atoms with E-state index in [-0.39, 0.29) is 22.8 Å². The molecule has 0 radical (unpaired) electrons. The van der Waals surface area contributed by atoms with Crippen LogP contribution in [0.2, 0.25) is 10.0 Å². The Hall–Kier alpha value is -3.72. The maximum Gasteiger partial charge on any atom is 0.306 e. The topological polar surface area (TPSA) is 81.4 Å². The van der Waals surface area contributed by atoms with Gasteiger partial charge in [-0.25, -0.2) is 9.37 Å². The average molecular weight is 754 g/mol. The lowest BCUT2D eigenvalue weighted by molar-refractivity contribution is -0.870. The van der Waals surface area contributed by atoms with Gasteiger partial charge in [-0.05, 0) is 80.5 Å². The van der Waals surface area contributed by atoms with Gasteiger partial charge in [-0.3, -0.25) is 14.2 Å². The molecule has 0 saturated carbocycles. The van der Waals surface area contributed by atoms with Gasteiger partial charge in [0.1, 0.15) is 17.4 Å². The van der Waals surface area contributed by atoms with E-state index in [1.54, 1.807) is 21.0 Å². The Balaban J connectivity index is 1.62. The zero-order chi connectivity index (χ0) is 38.5. The molecule has 7 nitrogen and oxygen atoms in total. The Morgan fingerprint density at radius 1 is 0.962 bits per heavy atom. The summed E-state index contributed by atoms with van der Waals surface area (Å²) in [5.74, 6) is -2.26. The quantitative estimate of drug-likeness (QED) is 0.0660. The number of benzene rings is 3. The average Bonchev–Trinajstić information content (AvgIpc) is 3.51. The minimum absolute atomic E-state index is 0.149. The fraction of sp³-hybridized carbons (Fsp3) is 0.452. The first-order valence-electron chi connectivity index (χ1n) is 17.9. The Labute approximate surface area is 318 Å². The molecule has 4 rings (SSSR count). The molecule has 3 unspecified atom stereocenters. The van der Waals surface area contributed by atoms with Crippen molar-refractivity contribution in [3.8, 4) is 11.4 Å². The van der Waals surface area contributed by atoms with E-state index < -0.39 is 35.0 Å². The number of hydrogen-bond acceptors (Lipinski definition) is 4. The molecule has 0 aliphatic carbocycles. The van der Waals surface area contributed by atoms with Gasteiger partial charge < -0.3 is 14.3 Å². The van der Waals surface area contributed by atoms with Gasteiger partial charge in [-0.15, -0.1) is 0 Å². The number of ketones is 1. The number of unbranched alkanes of at least 4 members (excludes halogenated alkanes) is 1. The first-order chi connectivity index (χ1) is 24.3. The number of carbonyl (C=O) groups excluding carboxylic acids is 1. The molecule has 0 saturated heterocycles. The summed E-state index contributed by atoms with van der Waals surface area (Å²) in [7, 11) is 7.93. The lowest BCUT2D eigenvalue weighted by atomic mass is 9.76. The largest absolute Gasteiger partial charge is 0.495 e. The maximum absolute atomic E-state index is 15.9. The summed E-state index contributed by atoms with van der Waals surface area (Å²) in [6, 6.07) is 16.7. The summed E-state index contributed by atoms with van der Waals surface area (Å²) in [6.45, 7) is 10.6. The normalized spacial score (nSPS) is 13.8. The summed E-state index contributed by atoms with van der Waals surface area (Å²) in [5, 5.41) is 10.5. The molecule has 0 aliphatic heterocycles. The smallest absolute Gasteiger partial charge is 0.306 e. The van der Waals surface area contributed by atoms with Gasteiger partial charge in [-0.1, -0.05) is 74.7 Å². The highest BCUT2D eigenvalue weighted by molar-refractivity contribution is 6.32. The standard InChI is InChI=1S/C42H52Cl2FN3O4/c1-26-13-16-31(17-14-26)47-38(42(4,5)30-15-19-34(43)37(24-30)52-9)25-46-39(47)20-18-33-35(44)22-29(23-36(33)45)40(49)27(2)32(28(3)41(50)51)12-10-11-21-48(6,7)8/h13-17,19,22-25,27-28,32H,10-12,18,20-21H2,1-9H3/p+1. The number of nitrogens with zero attached hydrogens (tertiary/aromatic N) is 3. The third kappa shape index (κ3) is 9.63. The van der Waals surface area contributed by atoms with E-state index >= 15 is 4.39 Å². The fourth-order valence-electron chi connectivity index (χ4n) is 6.95. The lowest BCUT2D eigenvalue weighted by Crippen LogP contribution is -2.35. The third-order valence-electron chi connectivity index (χ3n) is 10.4. The number of halogens is 3. The molecule has 0 spiro atoms. The number of methoxy groups -OCH3 is 1. The van der Waals surface area contributed by atoms with Crippen LogP contribution in [0.3, 0.4) is 0 Å². The second kappa shape index (κ2) is 17.0. The van der Waals surface area contributed by atoms with Crippen molar-refractivity contribution >= 4 is 35.0 Å². The van der Waals surface area contributed by atoms with Crippen LogP contribution in [0, 0.1) is 30.5 Å². The van der Waals surface area contributed by atoms with Crippen molar-refractivity contribution in [2.75, 3.05) is 34.8 Å².